The van der Waals surface area contributed by atoms with Gasteiger partial charge in [-0.15, -0.1) is 0 Å². The maximum atomic E-state index is 13.9. The van der Waals surface area contributed by atoms with Crippen LogP contribution in [0.15, 0.2) is 22.7 Å². The summed E-state index contributed by atoms with van der Waals surface area (Å²) in [4.78, 5) is 0. The second-order valence-electron chi connectivity index (χ2n) is 4.99. The van der Waals surface area contributed by atoms with E-state index in [2.05, 4.69) is 28.0 Å². The molecule has 3 nitrogen and oxygen atoms in total. The van der Waals surface area contributed by atoms with Gasteiger partial charge in [0.05, 0.1) is 12.2 Å². The van der Waals surface area contributed by atoms with Crippen LogP contribution in [0.3, 0.4) is 0 Å². The average Bonchev–Trinajstić information content (AvgIpc) is 2.67. The predicted octanol–water partition coefficient (Wildman–Crippen LogP) is 3.86. The Morgan fingerprint density at radius 3 is 2.70 bits per heavy atom. The van der Waals surface area contributed by atoms with Crippen LogP contribution < -0.4 is 5.73 Å². The number of nitrogens with zero attached hydrogens (tertiary/aromatic N) is 2. The molecule has 1 unspecified atom stereocenters. The first-order valence-electron chi connectivity index (χ1n) is 6.67. The summed E-state index contributed by atoms with van der Waals surface area (Å²) in [5.41, 5.74) is 9.75. The normalized spacial score (nSPS) is 12.7. The van der Waals surface area contributed by atoms with Gasteiger partial charge in [0.25, 0.3) is 0 Å². The Bertz CT molecular complexity index is 622. The third-order valence-corrected chi connectivity index (χ3v) is 4.08. The van der Waals surface area contributed by atoms with Crippen LogP contribution >= 0.6 is 15.9 Å². The van der Waals surface area contributed by atoms with Crippen molar-refractivity contribution in [1.29, 1.82) is 0 Å². The van der Waals surface area contributed by atoms with Gasteiger partial charge in [-0.05, 0) is 32.4 Å². The summed E-state index contributed by atoms with van der Waals surface area (Å²) >= 11 is 3.26. The van der Waals surface area contributed by atoms with E-state index in [-0.39, 0.29) is 11.9 Å². The fourth-order valence-electron chi connectivity index (χ4n) is 2.42. The topological polar surface area (TPSA) is 43.8 Å². The first kappa shape index (κ1) is 15.2. The maximum Gasteiger partial charge on any atom is 0.129 e. The Labute approximate surface area is 127 Å². The van der Waals surface area contributed by atoms with Crippen LogP contribution in [-0.4, -0.2) is 9.78 Å². The number of aromatic nitrogens is 2. The maximum absolute atomic E-state index is 13.9. The molecule has 1 heterocycles. The van der Waals surface area contributed by atoms with E-state index in [1.165, 1.54) is 6.07 Å². The third-order valence-electron chi connectivity index (χ3n) is 3.58. The first-order valence-corrected chi connectivity index (χ1v) is 7.46. The zero-order chi connectivity index (χ0) is 14.9. The van der Waals surface area contributed by atoms with Gasteiger partial charge in [-0.2, -0.15) is 5.10 Å². The average molecular weight is 340 g/mol. The van der Waals surface area contributed by atoms with Crippen LogP contribution in [0.1, 0.15) is 41.9 Å². The molecule has 1 atom stereocenters. The summed E-state index contributed by atoms with van der Waals surface area (Å²) in [6.07, 6.45) is 0.861. The van der Waals surface area contributed by atoms with E-state index in [4.69, 9.17) is 5.73 Å². The van der Waals surface area contributed by atoms with Crippen molar-refractivity contribution in [3.63, 3.8) is 0 Å². The van der Waals surface area contributed by atoms with Crippen LogP contribution in [0.25, 0.3) is 0 Å². The molecular formula is C15H19BrFN3. The Morgan fingerprint density at radius 2 is 2.10 bits per heavy atom. The lowest BCUT2D eigenvalue weighted by molar-refractivity contribution is 0.577. The minimum Gasteiger partial charge on any atom is -0.324 e. The molecule has 108 valence electrons. The highest BCUT2D eigenvalue weighted by Gasteiger charge is 2.17. The molecule has 0 fully saturated rings. The summed E-state index contributed by atoms with van der Waals surface area (Å²) in [6.45, 7) is 6.41. The molecule has 2 rings (SSSR count). The van der Waals surface area contributed by atoms with Gasteiger partial charge in [0.2, 0.25) is 0 Å². The smallest absolute Gasteiger partial charge is 0.129 e. The van der Waals surface area contributed by atoms with Crippen molar-refractivity contribution in [1.82, 2.24) is 9.78 Å². The molecule has 0 spiro atoms. The fraction of sp³-hybridized carbons (Fsp3) is 0.400. The molecule has 0 saturated carbocycles. The summed E-state index contributed by atoms with van der Waals surface area (Å²) < 4.78 is 16.5. The van der Waals surface area contributed by atoms with Gasteiger partial charge in [0, 0.05) is 27.3 Å². The molecule has 1 aromatic heterocycles. The van der Waals surface area contributed by atoms with Crippen molar-refractivity contribution in [2.75, 3.05) is 0 Å². The van der Waals surface area contributed by atoms with E-state index in [0.29, 0.717) is 12.1 Å². The van der Waals surface area contributed by atoms with Crippen LogP contribution in [-0.2, 0) is 6.54 Å². The van der Waals surface area contributed by atoms with Crippen molar-refractivity contribution < 1.29 is 4.39 Å². The molecule has 0 aliphatic heterocycles. The molecule has 20 heavy (non-hydrogen) atoms. The molecular weight excluding hydrogens is 321 g/mol. The van der Waals surface area contributed by atoms with E-state index in [1.807, 2.05) is 24.6 Å². The van der Waals surface area contributed by atoms with E-state index in [0.717, 1.165) is 27.8 Å². The third kappa shape index (κ3) is 2.94. The highest BCUT2D eigenvalue weighted by Crippen LogP contribution is 2.23. The first-order chi connectivity index (χ1) is 9.43. The van der Waals surface area contributed by atoms with Crippen molar-refractivity contribution >= 4 is 15.9 Å². The second-order valence-corrected chi connectivity index (χ2v) is 5.91. The number of halogens is 2. The van der Waals surface area contributed by atoms with Gasteiger partial charge in [0.15, 0.2) is 0 Å². The van der Waals surface area contributed by atoms with Crippen LogP contribution in [0, 0.1) is 19.7 Å². The van der Waals surface area contributed by atoms with Crippen molar-refractivity contribution in [2.24, 2.45) is 5.73 Å². The molecule has 5 heteroatoms. The standard InChI is InChI=1S/C15H19BrFN3/c1-4-14(18)15-9(2)19-20(10(15)3)8-11-5-6-12(16)7-13(11)17/h5-7,14H,4,8,18H2,1-3H3. The molecule has 0 amide bonds. The molecule has 0 saturated heterocycles. The molecule has 1 aromatic carbocycles. The predicted molar refractivity (Wildman–Crippen MR) is 82.1 cm³/mol. The Balaban J connectivity index is 2.35. The van der Waals surface area contributed by atoms with E-state index in [1.54, 1.807) is 6.07 Å². The van der Waals surface area contributed by atoms with Gasteiger partial charge >= 0.3 is 0 Å². The number of hydrogen-bond donors (Lipinski definition) is 1. The lowest BCUT2D eigenvalue weighted by atomic mass is 10.0. The highest BCUT2D eigenvalue weighted by molar-refractivity contribution is 9.10. The van der Waals surface area contributed by atoms with Gasteiger partial charge < -0.3 is 5.73 Å². The van der Waals surface area contributed by atoms with Crippen LogP contribution in [0.5, 0.6) is 0 Å². The number of benzene rings is 1. The molecule has 0 aliphatic carbocycles. The van der Waals surface area contributed by atoms with E-state index < -0.39 is 0 Å². The highest BCUT2D eigenvalue weighted by atomic mass is 79.9. The Morgan fingerprint density at radius 1 is 1.40 bits per heavy atom. The lowest BCUT2D eigenvalue weighted by Crippen LogP contribution is -2.11. The molecule has 2 aromatic rings. The summed E-state index contributed by atoms with van der Waals surface area (Å²) in [5, 5.41) is 4.50. The second kappa shape index (κ2) is 6.06. The zero-order valence-corrected chi connectivity index (χ0v) is 13.5. The van der Waals surface area contributed by atoms with E-state index >= 15 is 0 Å². The Kier molecular flexibility index (Phi) is 4.60. The fourth-order valence-corrected chi connectivity index (χ4v) is 2.75. The minimum atomic E-state index is -0.228. The molecule has 0 aliphatic rings. The largest absolute Gasteiger partial charge is 0.324 e. The molecule has 0 radical (unpaired) electrons. The van der Waals surface area contributed by atoms with Gasteiger partial charge in [0.1, 0.15) is 5.82 Å². The Hall–Kier alpha value is -1.20. The van der Waals surface area contributed by atoms with Crippen LogP contribution in [0.2, 0.25) is 0 Å². The monoisotopic (exact) mass is 339 g/mol. The van der Waals surface area contributed by atoms with Crippen molar-refractivity contribution in [2.45, 2.75) is 39.8 Å². The summed E-state index contributed by atoms with van der Waals surface area (Å²) in [6, 6.07) is 5.07. The number of rotatable bonds is 4. The minimum absolute atomic E-state index is 0.0153. The lowest BCUT2D eigenvalue weighted by Gasteiger charge is -2.10. The summed E-state index contributed by atoms with van der Waals surface area (Å²) in [7, 11) is 0. The summed E-state index contributed by atoms with van der Waals surface area (Å²) in [5.74, 6) is -0.228. The number of nitrogens with two attached hydrogens (primary N) is 1. The van der Waals surface area contributed by atoms with Crippen molar-refractivity contribution in [3.05, 3.63) is 51.0 Å². The van der Waals surface area contributed by atoms with Gasteiger partial charge in [-0.3, -0.25) is 4.68 Å². The zero-order valence-electron chi connectivity index (χ0n) is 12.0. The molecule has 2 N–H and O–H groups in total. The SMILES string of the molecule is CCC(N)c1c(C)nn(Cc2ccc(Br)cc2F)c1C. The van der Waals surface area contributed by atoms with Crippen molar-refractivity contribution in [3.8, 4) is 0 Å². The van der Waals surface area contributed by atoms with Crippen LogP contribution in [0.4, 0.5) is 4.39 Å². The quantitative estimate of drug-likeness (QED) is 0.919. The number of aryl methyl sites for hydroxylation is 1. The number of hydrogen-bond acceptors (Lipinski definition) is 2. The van der Waals surface area contributed by atoms with E-state index in [9.17, 15) is 4.39 Å². The van der Waals surface area contributed by atoms with Gasteiger partial charge in [-0.25, -0.2) is 4.39 Å². The van der Waals surface area contributed by atoms with Gasteiger partial charge in [-0.1, -0.05) is 28.9 Å². The molecule has 0 bridgehead atoms.